The molecule has 0 aliphatic rings. The van der Waals surface area contributed by atoms with Crippen LogP contribution in [0.2, 0.25) is 0 Å². The van der Waals surface area contributed by atoms with Gasteiger partial charge in [-0.15, -0.1) is 11.3 Å². The second-order valence-electron chi connectivity index (χ2n) is 6.90. The molecule has 3 aromatic rings. The highest BCUT2D eigenvalue weighted by Gasteiger charge is 2.23. The Morgan fingerprint density at radius 2 is 1.71 bits per heavy atom. The molecule has 1 N–H and O–H groups in total. The van der Waals surface area contributed by atoms with Crippen LogP contribution in [0.5, 0.6) is 11.5 Å². The number of anilines is 1. The Morgan fingerprint density at radius 1 is 0.968 bits per heavy atom. The van der Waals surface area contributed by atoms with Crippen LogP contribution in [0, 0.1) is 13.8 Å². The minimum absolute atomic E-state index is 0.240. The van der Waals surface area contributed by atoms with Gasteiger partial charge in [0, 0.05) is 16.5 Å². The normalized spacial score (nSPS) is 10.5. The molecule has 0 aliphatic heterocycles. The fraction of sp³-hybridized carbons (Fsp3) is 0.250. The Hall–Kier alpha value is -3.32. The molecule has 31 heavy (non-hydrogen) atoms. The largest absolute Gasteiger partial charge is 0.493 e. The summed E-state index contributed by atoms with van der Waals surface area (Å²) in [6.45, 7) is 6.05. The zero-order valence-electron chi connectivity index (χ0n) is 18.2. The number of hydrogen-bond donors (Lipinski definition) is 1. The van der Waals surface area contributed by atoms with Crippen LogP contribution in [0.1, 0.15) is 38.8 Å². The first-order chi connectivity index (χ1) is 14.9. The minimum Gasteiger partial charge on any atom is -0.493 e. The molecule has 3 rings (SSSR count). The lowest BCUT2D eigenvalue weighted by Crippen LogP contribution is -2.15. The molecule has 6 nitrogen and oxygen atoms in total. The molecule has 0 aliphatic carbocycles. The molecule has 162 valence electrons. The monoisotopic (exact) mass is 439 g/mol. The summed E-state index contributed by atoms with van der Waals surface area (Å²) in [4.78, 5) is 25.7. The number of thiophene rings is 1. The van der Waals surface area contributed by atoms with Crippen LogP contribution in [-0.2, 0) is 4.74 Å². The van der Waals surface area contributed by atoms with Crippen molar-refractivity contribution in [2.24, 2.45) is 0 Å². The van der Waals surface area contributed by atoms with Crippen molar-refractivity contribution in [2.75, 3.05) is 26.1 Å². The van der Waals surface area contributed by atoms with Crippen molar-refractivity contribution in [1.82, 2.24) is 0 Å². The van der Waals surface area contributed by atoms with E-state index in [-0.39, 0.29) is 12.5 Å². The number of methoxy groups -OCH3 is 2. The third-order valence-corrected chi connectivity index (χ3v) is 5.86. The van der Waals surface area contributed by atoms with E-state index in [9.17, 15) is 9.59 Å². The van der Waals surface area contributed by atoms with Gasteiger partial charge in [-0.05, 0) is 55.7 Å². The van der Waals surface area contributed by atoms with Crippen molar-refractivity contribution < 1.29 is 23.8 Å². The first-order valence-electron chi connectivity index (χ1n) is 9.79. The molecule has 1 heterocycles. The lowest BCUT2D eigenvalue weighted by atomic mass is 9.99. The van der Waals surface area contributed by atoms with Crippen LogP contribution >= 0.6 is 11.3 Å². The number of esters is 1. The van der Waals surface area contributed by atoms with E-state index in [1.165, 1.54) is 31.1 Å². The number of hydrogen-bond acceptors (Lipinski definition) is 6. The number of benzene rings is 2. The predicted molar refractivity (Wildman–Crippen MR) is 123 cm³/mol. The Bertz CT molecular complexity index is 1120. The van der Waals surface area contributed by atoms with E-state index in [4.69, 9.17) is 14.2 Å². The van der Waals surface area contributed by atoms with Crippen LogP contribution < -0.4 is 14.8 Å². The Kier molecular flexibility index (Phi) is 6.97. The van der Waals surface area contributed by atoms with Gasteiger partial charge in [0.05, 0.1) is 20.8 Å². The van der Waals surface area contributed by atoms with Gasteiger partial charge in [-0.2, -0.15) is 0 Å². The number of carbonyl (C=O) groups excluding carboxylic acids is 2. The summed E-state index contributed by atoms with van der Waals surface area (Å²) in [7, 11) is 3.04. The Labute approximate surface area is 185 Å². The van der Waals surface area contributed by atoms with Crippen molar-refractivity contribution in [2.45, 2.75) is 20.8 Å². The van der Waals surface area contributed by atoms with Crippen molar-refractivity contribution in [1.29, 1.82) is 0 Å². The van der Waals surface area contributed by atoms with Crippen LogP contribution in [-0.4, -0.2) is 32.7 Å². The van der Waals surface area contributed by atoms with Crippen molar-refractivity contribution in [3.05, 3.63) is 64.0 Å². The lowest BCUT2D eigenvalue weighted by Gasteiger charge is -2.11. The average Bonchev–Trinajstić information content (AvgIpc) is 3.18. The standard InChI is InChI=1S/C24H25NO5S/c1-6-30-24(27)21-18(16-8-7-14(2)15(3)11-16)13-31-23(21)25-22(26)17-9-10-19(28-4)20(12-17)29-5/h7-13H,6H2,1-5H3,(H,25,26). The predicted octanol–water partition coefficient (Wildman–Crippen LogP) is 5.48. The quantitative estimate of drug-likeness (QED) is 0.494. The molecule has 0 fully saturated rings. The van der Waals surface area contributed by atoms with E-state index in [1.54, 1.807) is 25.1 Å². The second kappa shape index (κ2) is 9.66. The third kappa shape index (κ3) is 4.72. The maximum atomic E-state index is 12.9. The summed E-state index contributed by atoms with van der Waals surface area (Å²) < 4.78 is 15.8. The lowest BCUT2D eigenvalue weighted by molar-refractivity contribution is 0.0529. The minimum atomic E-state index is -0.473. The Balaban J connectivity index is 1.99. The van der Waals surface area contributed by atoms with E-state index in [0.29, 0.717) is 27.6 Å². The van der Waals surface area contributed by atoms with E-state index in [2.05, 4.69) is 5.32 Å². The number of amides is 1. The van der Waals surface area contributed by atoms with Gasteiger partial charge >= 0.3 is 5.97 Å². The van der Waals surface area contributed by atoms with Crippen LogP contribution in [0.3, 0.4) is 0 Å². The summed E-state index contributed by atoms with van der Waals surface area (Å²) in [5, 5.41) is 5.15. The highest BCUT2D eigenvalue weighted by molar-refractivity contribution is 7.15. The van der Waals surface area contributed by atoms with E-state index < -0.39 is 5.97 Å². The van der Waals surface area contributed by atoms with Gasteiger partial charge in [-0.1, -0.05) is 18.2 Å². The summed E-state index contributed by atoms with van der Waals surface area (Å²) in [6, 6.07) is 10.9. The molecule has 1 aromatic heterocycles. The van der Waals surface area contributed by atoms with Gasteiger partial charge < -0.3 is 19.5 Å². The average molecular weight is 440 g/mol. The van der Waals surface area contributed by atoms with Gasteiger partial charge in [0.2, 0.25) is 0 Å². The van der Waals surface area contributed by atoms with E-state index >= 15 is 0 Å². The molecule has 0 saturated carbocycles. The highest BCUT2D eigenvalue weighted by atomic mass is 32.1. The molecule has 0 saturated heterocycles. The van der Waals surface area contributed by atoms with Gasteiger partial charge in [-0.3, -0.25) is 4.79 Å². The van der Waals surface area contributed by atoms with Crippen molar-refractivity contribution in [3.63, 3.8) is 0 Å². The molecular formula is C24H25NO5S. The van der Waals surface area contributed by atoms with Crippen molar-refractivity contribution >= 4 is 28.2 Å². The first kappa shape index (κ1) is 22.4. The summed E-state index contributed by atoms with van der Waals surface area (Å²) in [5.41, 5.74) is 4.65. The van der Waals surface area contributed by atoms with Crippen LogP contribution in [0.25, 0.3) is 11.1 Å². The molecule has 7 heteroatoms. The SMILES string of the molecule is CCOC(=O)c1c(-c2ccc(C)c(C)c2)csc1NC(=O)c1ccc(OC)c(OC)c1. The van der Waals surface area contributed by atoms with Gasteiger partial charge in [0.1, 0.15) is 10.6 Å². The first-order valence-corrected chi connectivity index (χ1v) is 10.7. The van der Waals surface area contributed by atoms with Gasteiger partial charge in [0.15, 0.2) is 11.5 Å². The molecule has 0 spiro atoms. The zero-order valence-corrected chi connectivity index (χ0v) is 19.0. The number of rotatable bonds is 7. The highest BCUT2D eigenvalue weighted by Crippen LogP contribution is 2.37. The zero-order chi connectivity index (χ0) is 22.5. The van der Waals surface area contributed by atoms with E-state index in [0.717, 1.165) is 16.7 Å². The maximum Gasteiger partial charge on any atom is 0.341 e. The molecule has 1 amide bonds. The van der Waals surface area contributed by atoms with Crippen LogP contribution in [0.15, 0.2) is 41.8 Å². The molecule has 0 unspecified atom stereocenters. The van der Waals surface area contributed by atoms with Gasteiger partial charge in [0.25, 0.3) is 5.91 Å². The number of carbonyl (C=O) groups is 2. The molecule has 0 atom stereocenters. The number of aryl methyl sites for hydroxylation is 2. The number of ether oxygens (including phenoxy) is 3. The summed E-state index contributed by atoms with van der Waals surface area (Å²) in [5.74, 6) is 0.141. The van der Waals surface area contributed by atoms with E-state index in [1.807, 2.05) is 37.4 Å². The molecular weight excluding hydrogens is 414 g/mol. The second-order valence-corrected chi connectivity index (χ2v) is 7.78. The topological polar surface area (TPSA) is 73.9 Å². The number of nitrogens with one attached hydrogen (secondary N) is 1. The molecule has 0 bridgehead atoms. The van der Waals surface area contributed by atoms with Crippen molar-refractivity contribution in [3.8, 4) is 22.6 Å². The third-order valence-electron chi connectivity index (χ3n) is 4.96. The Morgan fingerprint density at radius 3 is 2.35 bits per heavy atom. The maximum absolute atomic E-state index is 12.9. The smallest absolute Gasteiger partial charge is 0.341 e. The fourth-order valence-electron chi connectivity index (χ4n) is 3.13. The summed E-state index contributed by atoms with van der Waals surface area (Å²) in [6.07, 6.45) is 0. The molecule has 2 aromatic carbocycles. The van der Waals surface area contributed by atoms with Crippen LogP contribution in [0.4, 0.5) is 5.00 Å². The molecule has 0 radical (unpaired) electrons. The van der Waals surface area contributed by atoms with Gasteiger partial charge in [-0.25, -0.2) is 4.79 Å². The summed E-state index contributed by atoms with van der Waals surface area (Å²) >= 11 is 1.29. The fourth-order valence-corrected chi connectivity index (χ4v) is 4.08.